The van der Waals surface area contributed by atoms with Gasteiger partial charge in [0.25, 0.3) is 0 Å². The lowest BCUT2D eigenvalue weighted by atomic mass is 10.3. The molecule has 4 heteroatoms. The molecule has 0 spiro atoms. The Morgan fingerprint density at radius 3 is 2.90 bits per heavy atom. The number of rotatable bonds is 2. The first-order chi connectivity index (χ1) is 4.84. The lowest BCUT2D eigenvalue weighted by Gasteiger charge is -2.06. The molecule has 0 fully saturated rings. The van der Waals surface area contributed by atoms with Crippen LogP contribution in [0.3, 0.4) is 0 Å². The number of aromatic nitrogens is 2. The summed E-state index contributed by atoms with van der Waals surface area (Å²) < 4.78 is 0. The van der Waals surface area contributed by atoms with E-state index in [0.29, 0.717) is 0 Å². The van der Waals surface area contributed by atoms with Crippen LogP contribution in [0.5, 0.6) is 0 Å². The fourth-order valence-electron chi connectivity index (χ4n) is 0.620. The van der Waals surface area contributed by atoms with Gasteiger partial charge < -0.3 is 0 Å². The van der Waals surface area contributed by atoms with Crippen molar-refractivity contribution < 1.29 is 0 Å². The number of hydrazine groups is 1. The minimum Gasteiger partial charge on any atom is -0.271 e. The molecule has 0 amide bonds. The van der Waals surface area contributed by atoms with Gasteiger partial charge >= 0.3 is 0 Å². The summed E-state index contributed by atoms with van der Waals surface area (Å²) in [5, 5.41) is 0. The van der Waals surface area contributed by atoms with Gasteiger partial charge in [0.1, 0.15) is 0 Å². The van der Waals surface area contributed by atoms with Crippen LogP contribution >= 0.6 is 0 Å². The molecule has 54 valence electrons. The van der Waals surface area contributed by atoms with E-state index in [1.54, 1.807) is 18.6 Å². The monoisotopic (exact) mass is 138 g/mol. The highest BCUT2D eigenvalue weighted by Crippen LogP contribution is 2.03. The van der Waals surface area contributed by atoms with Crippen molar-refractivity contribution in [3.05, 3.63) is 24.3 Å². The molecule has 1 aromatic rings. The van der Waals surface area contributed by atoms with Crippen LogP contribution in [0, 0.1) is 0 Å². The van der Waals surface area contributed by atoms with Gasteiger partial charge in [0, 0.05) is 12.4 Å². The molecule has 0 bridgehead atoms. The Morgan fingerprint density at radius 1 is 1.60 bits per heavy atom. The summed E-state index contributed by atoms with van der Waals surface area (Å²) in [4.78, 5) is 7.94. The Bertz CT molecular complexity index is 186. The van der Waals surface area contributed by atoms with Crippen LogP contribution in [-0.4, -0.2) is 9.97 Å². The molecular formula is C6H10N4. The topological polar surface area (TPSA) is 63.8 Å². The van der Waals surface area contributed by atoms with Crippen LogP contribution in [0.1, 0.15) is 18.7 Å². The van der Waals surface area contributed by atoms with Crippen molar-refractivity contribution in [3.8, 4) is 0 Å². The molecule has 1 atom stereocenters. The number of nitrogens with zero attached hydrogens (tertiary/aromatic N) is 2. The Hall–Kier alpha value is -1.00. The van der Waals surface area contributed by atoms with E-state index in [2.05, 4.69) is 15.4 Å². The second-order valence-corrected chi connectivity index (χ2v) is 2.02. The van der Waals surface area contributed by atoms with Gasteiger partial charge in [-0.3, -0.25) is 21.2 Å². The number of nitrogens with two attached hydrogens (primary N) is 1. The summed E-state index contributed by atoms with van der Waals surface area (Å²) >= 11 is 0. The third-order valence-corrected chi connectivity index (χ3v) is 1.28. The number of hydrogen-bond acceptors (Lipinski definition) is 4. The summed E-state index contributed by atoms with van der Waals surface area (Å²) in [6.07, 6.45) is 4.96. The number of hydrogen-bond donors (Lipinski definition) is 2. The third kappa shape index (κ3) is 1.49. The Balaban J connectivity index is 2.75. The molecule has 1 heterocycles. The normalized spacial score (nSPS) is 13.0. The predicted octanol–water partition coefficient (Wildman–Crippen LogP) is 0.000900. The van der Waals surface area contributed by atoms with Crippen LogP contribution < -0.4 is 11.3 Å². The SMILES string of the molecule is C[C@H](NN)c1cnccn1. The summed E-state index contributed by atoms with van der Waals surface area (Å²) in [5.41, 5.74) is 3.43. The summed E-state index contributed by atoms with van der Waals surface area (Å²) in [6, 6.07) is 0.0636. The first kappa shape index (κ1) is 7.11. The Kier molecular flexibility index (Phi) is 2.30. The minimum absolute atomic E-state index is 0.0636. The average molecular weight is 138 g/mol. The van der Waals surface area contributed by atoms with Gasteiger partial charge in [-0.25, -0.2) is 0 Å². The highest BCUT2D eigenvalue weighted by Gasteiger charge is 2.01. The highest BCUT2D eigenvalue weighted by molar-refractivity contribution is 4.99. The van der Waals surface area contributed by atoms with Crippen LogP contribution in [0.15, 0.2) is 18.6 Å². The van der Waals surface area contributed by atoms with E-state index in [-0.39, 0.29) is 6.04 Å². The molecule has 3 N–H and O–H groups in total. The molecule has 0 aliphatic carbocycles. The van der Waals surface area contributed by atoms with Crippen LogP contribution in [-0.2, 0) is 0 Å². The van der Waals surface area contributed by atoms with Crippen LogP contribution in [0.25, 0.3) is 0 Å². The smallest absolute Gasteiger partial charge is 0.0766 e. The van der Waals surface area contributed by atoms with Crippen molar-refractivity contribution in [1.82, 2.24) is 15.4 Å². The van der Waals surface area contributed by atoms with Crippen molar-refractivity contribution in [3.63, 3.8) is 0 Å². The van der Waals surface area contributed by atoms with Gasteiger partial charge in [0.15, 0.2) is 0 Å². The molecule has 0 unspecified atom stereocenters. The summed E-state index contributed by atoms with van der Waals surface area (Å²) in [6.45, 7) is 1.92. The summed E-state index contributed by atoms with van der Waals surface area (Å²) in [5.74, 6) is 5.19. The molecule has 0 saturated heterocycles. The zero-order valence-electron chi connectivity index (χ0n) is 5.78. The maximum absolute atomic E-state index is 5.19. The molecule has 1 aromatic heterocycles. The van der Waals surface area contributed by atoms with Crippen molar-refractivity contribution in [2.75, 3.05) is 0 Å². The van der Waals surface area contributed by atoms with E-state index in [4.69, 9.17) is 5.84 Å². The van der Waals surface area contributed by atoms with Gasteiger partial charge in [0.05, 0.1) is 17.9 Å². The lowest BCUT2D eigenvalue weighted by Crippen LogP contribution is -2.26. The van der Waals surface area contributed by atoms with Crippen LogP contribution in [0.4, 0.5) is 0 Å². The molecule has 0 aliphatic heterocycles. The predicted molar refractivity (Wildman–Crippen MR) is 37.8 cm³/mol. The van der Waals surface area contributed by atoms with Crippen molar-refractivity contribution in [1.29, 1.82) is 0 Å². The van der Waals surface area contributed by atoms with Gasteiger partial charge in [-0.2, -0.15) is 0 Å². The van der Waals surface area contributed by atoms with Gasteiger partial charge in [-0.05, 0) is 6.92 Å². The van der Waals surface area contributed by atoms with Crippen molar-refractivity contribution in [2.45, 2.75) is 13.0 Å². The molecule has 4 nitrogen and oxygen atoms in total. The van der Waals surface area contributed by atoms with E-state index >= 15 is 0 Å². The fraction of sp³-hybridized carbons (Fsp3) is 0.333. The van der Waals surface area contributed by atoms with Gasteiger partial charge in [-0.1, -0.05) is 0 Å². The van der Waals surface area contributed by atoms with E-state index in [1.165, 1.54) is 0 Å². The maximum atomic E-state index is 5.19. The third-order valence-electron chi connectivity index (χ3n) is 1.28. The second-order valence-electron chi connectivity index (χ2n) is 2.02. The first-order valence-electron chi connectivity index (χ1n) is 3.06. The fourth-order valence-corrected chi connectivity index (χ4v) is 0.620. The highest BCUT2D eigenvalue weighted by atomic mass is 15.2. The minimum atomic E-state index is 0.0636. The van der Waals surface area contributed by atoms with E-state index in [9.17, 15) is 0 Å². The van der Waals surface area contributed by atoms with E-state index < -0.39 is 0 Å². The van der Waals surface area contributed by atoms with Gasteiger partial charge in [0.2, 0.25) is 0 Å². The molecular weight excluding hydrogens is 128 g/mol. The molecule has 0 aromatic carbocycles. The van der Waals surface area contributed by atoms with Crippen LogP contribution in [0.2, 0.25) is 0 Å². The first-order valence-corrected chi connectivity index (χ1v) is 3.06. The summed E-state index contributed by atoms with van der Waals surface area (Å²) in [7, 11) is 0. The average Bonchev–Trinajstić information content (AvgIpc) is 2.05. The zero-order valence-corrected chi connectivity index (χ0v) is 5.78. The van der Waals surface area contributed by atoms with Gasteiger partial charge in [-0.15, -0.1) is 0 Å². The molecule has 1 rings (SSSR count). The number of nitrogens with one attached hydrogen (secondary N) is 1. The van der Waals surface area contributed by atoms with E-state index in [0.717, 1.165) is 5.69 Å². The maximum Gasteiger partial charge on any atom is 0.0766 e. The molecule has 10 heavy (non-hydrogen) atoms. The quantitative estimate of drug-likeness (QED) is 0.446. The van der Waals surface area contributed by atoms with Crippen molar-refractivity contribution >= 4 is 0 Å². The van der Waals surface area contributed by atoms with Crippen molar-refractivity contribution in [2.24, 2.45) is 5.84 Å². The molecule has 0 saturated carbocycles. The Morgan fingerprint density at radius 2 is 2.40 bits per heavy atom. The second kappa shape index (κ2) is 3.24. The Labute approximate surface area is 59.5 Å². The zero-order chi connectivity index (χ0) is 7.40. The molecule has 0 aliphatic rings. The van der Waals surface area contributed by atoms with E-state index in [1.807, 2.05) is 6.92 Å². The standard InChI is InChI=1S/C6H10N4/c1-5(10-7)6-4-8-2-3-9-6/h2-5,10H,7H2,1H3/t5-/m0/s1. The molecule has 0 radical (unpaired) electrons. The lowest BCUT2D eigenvalue weighted by molar-refractivity contribution is 0.584. The largest absolute Gasteiger partial charge is 0.271 e.